The van der Waals surface area contributed by atoms with Crippen LogP contribution < -0.4 is 0 Å². The molecule has 1 aromatic rings. The highest BCUT2D eigenvalue weighted by Crippen LogP contribution is 2.33. The molecule has 0 radical (unpaired) electrons. The Hall–Kier alpha value is -1.01. The summed E-state index contributed by atoms with van der Waals surface area (Å²) in [5, 5.41) is 9.01. The van der Waals surface area contributed by atoms with Crippen molar-refractivity contribution in [2.75, 3.05) is 5.75 Å². The first-order valence-electron chi connectivity index (χ1n) is 5.44. The molecule has 0 aliphatic heterocycles. The second-order valence-electron chi connectivity index (χ2n) is 4.29. The van der Waals surface area contributed by atoms with Crippen LogP contribution in [0, 0.1) is 0 Å². The zero-order valence-electron chi connectivity index (χ0n) is 10.5. The molecule has 0 saturated carbocycles. The first-order chi connectivity index (χ1) is 8.19. The van der Waals surface area contributed by atoms with Gasteiger partial charge in [0.15, 0.2) is 9.84 Å². The number of carboxylic acid groups (broad SMARTS) is 1. The maximum absolute atomic E-state index is 11.6. The second-order valence-corrected chi connectivity index (χ2v) is 8.27. The lowest BCUT2D eigenvalue weighted by atomic mass is 10.2. The predicted octanol–water partition coefficient (Wildman–Crippen LogP) is 2.44. The van der Waals surface area contributed by atoms with E-state index >= 15 is 0 Å². The molecule has 0 saturated heterocycles. The van der Waals surface area contributed by atoms with Crippen molar-refractivity contribution < 1.29 is 18.3 Å². The van der Waals surface area contributed by atoms with E-state index < -0.39 is 20.6 Å². The Labute approximate surface area is 111 Å². The number of aliphatic carboxylic acids is 1. The highest BCUT2D eigenvalue weighted by atomic mass is 32.2. The summed E-state index contributed by atoms with van der Waals surface area (Å²) in [7, 11) is -3.20. The van der Waals surface area contributed by atoms with Crippen LogP contribution in [0.25, 0.3) is 0 Å². The highest BCUT2D eigenvalue weighted by Gasteiger charge is 2.28. The fourth-order valence-corrected chi connectivity index (χ4v) is 3.05. The van der Waals surface area contributed by atoms with Gasteiger partial charge in [0.05, 0.1) is 10.6 Å². The molecule has 100 valence electrons. The molecule has 18 heavy (non-hydrogen) atoms. The van der Waals surface area contributed by atoms with Crippen molar-refractivity contribution in [1.29, 1.82) is 0 Å². The van der Waals surface area contributed by atoms with E-state index in [1.807, 2.05) is 0 Å². The summed E-state index contributed by atoms with van der Waals surface area (Å²) >= 11 is 1.19. The van der Waals surface area contributed by atoms with Crippen LogP contribution in [-0.4, -0.2) is 30.0 Å². The molecule has 1 N–H and O–H groups in total. The number of carboxylic acids is 1. The van der Waals surface area contributed by atoms with Gasteiger partial charge in [-0.25, -0.2) is 8.42 Å². The van der Waals surface area contributed by atoms with E-state index in [0.717, 1.165) is 4.90 Å². The number of rotatable bonds is 5. The number of hydrogen-bond acceptors (Lipinski definition) is 4. The van der Waals surface area contributed by atoms with Crippen LogP contribution in [0.4, 0.5) is 0 Å². The van der Waals surface area contributed by atoms with Gasteiger partial charge in [0.25, 0.3) is 0 Å². The standard InChI is InChI=1S/C12H16O4S2/c1-4-18(15,16)10-7-5-9(6-8-10)17-12(2,3)11(13)14/h5-8H,4H2,1-3H3,(H,13,14). The molecule has 0 unspecified atom stereocenters. The van der Waals surface area contributed by atoms with Gasteiger partial charge < -0.3 is 5.11 Å². The lowest BCUT2D eigenvalue weighted by Crippen LogP contribution is -2.26. The van der Waals surface area contributed by atoms with E-state index in [1.54, 1.807) is 32.9 Å². The molecule has 1 rings (SSSR count). The average molecular weight is 288 g/mol. The Bertz CT molecular complexity index is 530. The molecule has 1 aromatic carbocycles. The summed E-state index contributed by atoms with van der Waals surface area (Å²) in [5.74, 6) is -0.849. The monoisotopic (exact) mass is 288 g/mol. The van der Waals surface area contributed by atoms with Crippen molar-refractivity contribution in [2.24, 2.45) is 0 Å². The van der Waals surface area contributed by atoms with Gasteiger partial charge in [-0.3, -0.25) is 4.79 Å². The van der Waals surface area contributed by atoms with E-state index in [9.17, 15) is 13.2 Å². The average Bonchev–Trinajstić information content (AvgIpc) is 2.29. The van der Waals surface area contributed by atoms with Crippen LogP contribution in [0.15, 0.2) is 34.1 Å². The number of thioether (sulfide) groups is 1. The van der Waals surface area contributed by atoms with Gasteiger partial charge in [0, 0.05) is 4.90 Å². The van der Waals surface area contributed by atoms with Crippen molar-refractivity contribution in [1.82, 2.24) is 0 Å². The third-order valence-corrected chi connectivity index (χ3v) is 5.39. The molecule has 0 fully saturated rings. The first-order valence-corrected chi connectivity index (χ1v) is 7.91. The highest BCUT2D eigenvalue weighted by molar-refractivity contribution is 8.01. The Balaban J connectivity index is 2.95. The van der Waals surface area contributed by atoms with Crippen LogP contribution in [0.5, 0.6) is 0 Å². The smallest absolute Gasteiger partial charge is 0.319 e. The van der Waals surface area contributed by atoms with Crippen molar-refractivity contribution >= 4 is 27.6 Å². The summed E-state index contributed by atoms with van der Waals surface area (Å²) in [4.78, 5) is 12.0. The molecule has 0 heterocycles. The van der Waals surface area contributed by atoms with Crippen LogP contribution in [-0.2, 0) is 14.6 Å². The minimum atomic E-state index is -3.20. The fraction of sp³-hybridized carbons (Fsp3) is 0.417. The topological polar surface area (TPSA) is 71.4 Å². The van der Waals surface area contributed by atoms with Crippen LogP contribution in [0.1, 0.15) is 20.8 Å². The van der Waals surface area contributed by atoms with Gasteiger partial charge in [0.1, 0.15) is 4.75 Å². The van der Waals surface area contributed by atoms with Gasteiger partial charge in [-0.05, 0) is 38.1 Å². The molecule has 4 nitrogen and oxygen atoms in total. The summed E-state index contributed by atoms with van der Waals surface area (Å²) in [6, 6.07) is 6.30. The minimum Gasteiger partial charge on any atom is -0.480 e. The molecule has 0 aliphatic rings. The molecule has 0 atom stereocenters. The maximum atomic E-state index is 11.6. The zero-order chi connectivity index (χ0) is 14.0. The lowest BCUT2D eigenvalue weighted by molar-refractivity contribution is -0.138. The maximum Gasteiger partial charge on any atom is 0.319 e. The van der Waals surface area contributed by atoms with Crippen LogP contribution >= 0.6 is 11.8 Å². The third-order valence-electron chi connectivity index (χ3n) is 2.45. The number of carbonyl (C=O) groups is 1. The molecular formula is C12H16O4S2. The summed E-state index contributed by atoms with van der Waals surface area (Å²) < 4.78 is 22.3. The molecule has 0 aromatic heterocycles. The molecule has 0 bridgehead atoms. The third kappa shape index (κ3) is 3.49. The van der Waals surface area contributed by atoms with E-state index in [-0.39, 0.29) is 10.6 Å². The van der Waals surface area contributed by atoms with Crippen LogP contribution in [0.3, 0.4) is 0 Å². The van der Waals surface area contributed by atoms with Crippen molar-refractivity contribution in [3.63, 3.8) is 0 Å². The van der Waals surface area contributed by atoms with Gasteiger partial charge in [0.2, 0.25) is 0 Å². The lowest BCUT2D eigenvalue weighted by Gasteiger charge is -2.18. The molecular weight excluding hydrogens is 272 g/mol. The normalized spacial score (nSPS) is 12.4. The Morgan fingerprint density at radius 2 is 1.78 bits per heavy atom. The number of sulfone groups is 1. The van der Waals surface area contributed by atoms with E-state index in [4.69, 9.17) is 5.11 Å². The first kappa shape index (κ1) is 15.0. The predicted molar refractivity (Wildman–Crippen MR) is 71.7 cm³/mol. The summed E-state index contributed by atoms with van der Waals surface area (Å²) in [6.07, 6.45) is 0. The summed E-state index contributed by atoms with van der Waals surface area (Å²) in [5.41, 5.74) is 0. The van der Waals surface area contributed by atoms with E-state index in [1.165, 1.54) is 23.9 Å². The van der Waals surface area contributed by atoms with Gasteiger partial charge >= 0.3 is 5.97 Å². The van der Waals surface area contributed by atoms with E-state index in [0.29, 0.717) is 0 Å². The fourth-order valence-electron chi connectivity index (χ4n) is 1.22. The SMILES string of the molecule is CCS(=O)(=O)c1ccc(SC(C)(C)C(=O)O)cc1. The van der Waals surface area contributed by atoms with Gasteiger partial charge in [-0.1, -0.05) is 6.92 Å². The largest absolute Gasteiger partial charge is 0.480 e. The van der Waals surface area contributed by atoms with Crippen molar-refractivity contribution in [3.8, 4) is 0 Å². The van der Waals surface area contributed by atoms with Crippen molar-refractivity contribution in [3.05, 3.63) is 24.3 Å². The van der Waals surface area contributed by atoms with Gasteiger partial charge in [-0.2, -0.15) is 0 Å². The Kier molecular flexibility index (Phi) is 4.45. The molecule has 6 heteroatoms. The molecule has 0 aliphatic carbocycles. The number of benzene rings is 1. The van der Waals surface area contributed by atoms with Gasteiger partial charge in [-0.15, -0.1) is 11.8 Å². The molecule has 0 spiro atoms. The van der Waals surface area contributed by atoms with Crippen LogP contribution in [0.2, 0.25) is 0 Å². The zero-order valence-corrected chi connectivity index (χ0v) is 12.1. The minimum absolute atomic E-state index is 0.0557. The summed E-state index contributed by atoms with van der Waals surface area (Å²) in [6.45, 7) is 4.80. The quantitative estimate of drug-likeness (QED) is 0.843. The molecule has 0 amide bonds. The second kappa shape index (κ2) is 5.32. The Morgan fingerprint density at radius 1 is 1.28 bits per heavy atom. The van der Waals surface area contributed by atoms with Crippen molar-refractivity contribution in [2.45, 2.75) is 35.3 Å². The Morgan fingerprint density at radius 3 is 2.17 bits per heavy atom. The van der Waals surface area contributed by atoms with E-state index in [2.05, 4.69) is 0 Å². The number of hydrogen-bond donors (Lipinski definition) is 1.